The third-order valence-electron chi connectivity index (χ3n) is 2.73. The molecular weight excluding hydrogens is 184 g/mol. The zero-order valence-electron chi connectivity index (χ0n) is 8.68. The highest BCUT2D eigenvalue weighted by Gasteiger charge is 2.30. The minimum absolute atomic E-state index is 0.127. The summed E-state index contributed by atoms with van der Waals surface area (Å²) in [5.74, 6) is 0. The summed E-state index contributed by atoms with van der Waals surface area (Å²) in [6.45, 7) is 5.78. The van der Waals surface area contributed by atoms with E-state index in [4.69, 9.17) is 10.2 Å². The Bertz CT molecular complexity index is 198. The number of aliphatic hydroxyl groups is 1. The van der Waals surface area contributed by atoms with Crippen molar-refractivity contribution in [2.24, 2.45) is 0 Å². The molecule has 14 heavy (non-hydrogen) atoms. The maximum Gasteiger partial charge on any atom is 0.407 e. The van der Waals surface area contributed by atoms with Crippen molar-refractivity contribution in [1.82, 2.24) is 9.80 Å². The van der Waals surface area contributed by atoms with Crippen LogP contribution in [-0.4, -0.2) is 64.4 Å². The van der Waals surface area contributed by atoms with Crippen molar-refractivity contribution < 1.29 is 15.0 Å². The van der Waals surface area contributed by atoms with Crippen LogP contribution < -0.4 is 0 Å². The molecule has 0 aromatic carbocycles. The van der Waals surface area contributed by atoms with Gasteiger partial charge in [0.05, 0.1) is 6.61 Å². The average molecular weight is 202 g/mol. The van der Waals surface area contributed by atoms with Gasteiger partial charge in [-0.05, 0) is 13.8 Å². The first-order chi connectivity index (χ1) is 6.56. The number of β-amino-alcohol motifs (C(OH)–C–C–N with tert-alkyl or cyclic N) is 1. The molecule has 1 aliphatic heterocycles. The zero-order chi connectivity index (χ0) is 10.7. The Morgan fingerprint density at radius 3 is 2.21 bits per heavy atom. The lowest BCUT2D eigenvalue weighted by Gasteiger charge is -2.43. The maximum atomic E-state index is 10.8. The molecule has 0 aliphatic carbocycles. The molecule has 1 aliphatic rings. The smallest absolute Gasteiger partial charge is 0.407 e. The van der Waals surface area contributed by atoms with Crippen LogP contribution >= 0.6 is 0 Å². The summed E-state index contributed by atoms with van der Waals surface area (Å²) in [7, 11) is 0. The number of amides is 1. The predicted octanol–water partition coefficient (Wildman–Crippen LogP) is 0.0513. The van der Waals surface area contributed by atoms with Gasteiger partial charge in [0.25, 0.3) is 0 Å². The van der Waals surface area contributed by atoms with Crippen LogP contribution in [0.3, 0.4) is 0 Å². The van der Waals surface area contributed by atoms with Crippen molar-refractivity contribution in [3.05, 3.63) is 0 Å². The fourth-order valence-corrected chi connectivity index (χ4v) is 2.07. The first-order valence-electron chi connectivity index (χ1n) is 4.90. The summed E-state index contributed by atoms with van der Waals surface area (Å²) in [6, 6.07) is 0.365. The van der Waals surface area contributed by atoms with Crippen LogP contribution in [0, 0.1) is 0 Å². The van der Waals surface area contributed by atoms with Crippen LogP contribution in [0.25, 0.3) is 0 Å². The zero-order valence-corrected chi connectivity index (χ0v) is 8.68. The Morgan fingerprint density at radius 1 is 1.36 bits per heavy atom. The molecule has 1 fully saturated rings. The second-order valence-corrected chi connectivity index (χ2v) is 3.85. The highest BCUT2D eigenvalue weighted by molar-refractivity contribution is 5.65. The van der Waals surface area contributed by atoms with Gasteiger partial charge in [0.1, 0.15) is 0 Å². The molecule has 5 heteroatoms. The minimum atomic E-state index is -0.854. The number of hydrogen-bond donors (Lipinski definition) is 2. The van der Waals surface area contributed by atoms with Gasteiger partial charge in [-0.2, -0.15) is 0 Å². The largest absolute Gasteiger partial charge is 0.465 e. The van der Waals surface area contributed by atoms with Gasteiger partial charge in [0.2, 0.25) is 0 Å². The predicted molar refractivity (Wildman–Crippen MR) is 52.3 cm³/mol. The molecule has 1 saturated heterocycles. The summed E-state index contributed by atoms with van der Waals surface area (Å²) in [5, 5.41) is 17.7. The quantitative estimate of drug-likeness (QED) is 0.664. The number of hydrogen-bond acceptors (Lipinski definition) is 3. The molecule has 0 aromatic heterocycles. The van der Waals surface area contributed by atoms with Crippen molar-refractivity contribution >= 4 is 6.09 Å². The molecular formula is C9H18N2O3. The lowest BCUT2D eigenvalue weighted by atomic mass is 10.1. The Hall–Kier alpha value is -0.810. The van der Waals surface area contributed by atoms with Gasteiger partial charge < -0.3 is 15.1 Å². The minimum Gasteiger partial charge on any atom is -0.465 e. The Kier molecular flexibility index (Phi) is 3.71. The summed E-state index contributed by atoms with van der Waals surface area (Å²) < 4.78 is 0. The first-order valence-corrected chi connectivity index (χ1v) is 4.90. The van der Waals surface area contributed by atoms with E-state index in [-0.39, 0.29) is 18.7 Å². The van der Waals surface area contributed by atoms with Crippen molar-refractivity contribution in [3.63, 3.8) is 0 Å². The van der Waals surface area contributed by atoms with Crippen LogP contribution in [0.1, 0.15) is 13.8 Å². The lowest BCUT2D eigenvalue weighted by molar-refractivity contribution is 0.0300. The van der Waals surface area contributed by atoms with E-state index in [2.05, 4.69) is 4.90 Å². The molecule has 2 unspecified atom stereocenters. The van der Waals surface area contributed by atoms with Gasteiger partial charge in [0.15, 0.2) is 0 Å². The summed E-state index contributed by atoms with van der Waals surface area (Å²) >= 11 is 0. The van der Waals surface area contributed by atoms with E-state index in [1.807, 2.05) is 13.8 Å². The SMILES string of the molecule is CC1CN(C(=O)O)CC(C)N1CCO. The fraction of sp³-hybridized carbons (Fsp3) is 0.889. The molecule has 1 heterocycles. The van der Waals surface area contributed by atoms with Gasteiger partial charge in [-0.1, -0.05) is 0 Å². The van der Waals surface area contributed by atoms with Gasteiger partial charge >= 0.3 is 6.09 Å². The summed E-state index contributed by atoms with van der Waals surface area (Å²) in [5.41, 5.74) is 0. The second-order valence-electron chi connectivity index (χ2n) is 3.85. The number of carboxylic acid groups (broad SMARTS) is 1. The Morgan fingerprint density at radius 2 is 1.86 bits per heavy atom. The summed E-state index contributed by atoms with van der Waals surface area (Å²) in [4.78, 5) is 14.3. The van der Waals surface area contributed by atoms with Crippen molar-refractivity contribution in [2.75, 3.05) is 26.2 Å². The van der Waals surface area contributed by atoms with Crippen LogP contribution in [0.2, 0.25) is 0 Å². The maximum absolute atomic E-state index is 10.8. The normalized spacial score (nSPS) is 29.2. The van der Waals surface area contributed by atoms with Crippen molar-refractivity contribution in [1.29, 1.82) is 0 Å². The van der Waals surface area contributed by atoms with E-state index in [0.717, 1.165) is 0 Å². The number of rotatable bonds is 2. The molecule has 1 amide bonds. The standard InChI is InChI=1S/C9H18N2O3/c1-7-5-10(9(13)14)6-8(2)11(7)3-4-12/h7-8,12H,3-6H2,1-2H3,(H,13,14). The van der Waals surface area contributed by atoms with E-state index < -0.39 is 6.09 Å². The van der Waals surface area contributed by atoms with E-state index >= 15 is 0 Å². The van der Waals surface area contributed by atoms with E-state index in [0.29, 0.717) is 19.6 Å². The molecule has 0 spiro atoms. The van der Waals surface area contributed by atoms with E-state index in [1.54, 1.807) is 0 Å². The first kappa shape index (κ1) is 11.3. The van der Waals surface area contributed by atoms with Crippen LogP contribution in [0.4, 0.5) is 4.79 Å². The third-order valence-corrected chi connectivity index (χ3v) is 2.73. The molecule has 0 radical (unpaired) electrons. The topological polar surface area (TPSA) is 64.0 Å². The number of carbonyl (C=O) groups is 1. The summed E-state index contributed by atoms with van der Waals surface area (Å²) in [6.07, 6.45) is -0.854. The molecule has 0 bridgehead atoms. The second kappa shape index (κ2) is 4.61. The number of nitrogens with zero attached hydrogens (tertiary/aromatic N) is 2. The van der Waals surface area contributed by atoms with E-state index in [9.17, 15) is 4.79 Å². The van der Waals surface area contributed by atoms with Crippen molar-refractivity contribution in [2.45, 2.75) is 25.9 Å². The van der Waals surface area contributed by atoms with Crippen LogP contribution in [-0.2, 0) is 0 Å². The Labute approximate surface area is 83.9 Å². The van der Waals surface area contributed by atoms with Gasteiger partial charge in [-0.15, -0.1) is 0 Å². The van der Waals surface area contributed by atoms with Gasteiger partial charge in [-0.25, -0.2) is 4.79 Å². The highest BCUT2D eigenvalue weighted by atomic mass is 16.4. The molecule has 5 nitrogen and oxygen atoms in total. The molecule has 0 aromatic rings. The van der Waals surface area contributed by atoms with Crippen LogP contribution in [0.5, 0.6) is 0 Å². The van der Waals surface area contributed by atoms with Crippen LogP contribution in [0.15, 0.2) is 0 Å². The van der Waals surface area contributed by atoms with Gasteiger partial charge in [0, 0.05) is 31.7 Å². The fourth-order valence-electron chi connectivity index (χ4n) is 2.07. The molecule has 2 atom stereocenters. The number of aliphatic hydroxyl groups excluding tert-OH is 1. The third kappa shape index (κ3) is 2.36. The number of piperazine rings is 1. The Balaban J connectivity index is 2.58. The molecule has 2 N–H and O–H groups in total. The highest BCUT2D eigenvalue weighted by Crippen LogP contribution is 2.14. The molecule has 1 rings (SSSR count). The van der Waals surface area contributed by atoms with Gasteiger partial charge in [-0.3, -0.25) is 4.90 Å². The lowest BCUT2D eigenvalue weighted by Crippen LogP contribution is -2.58. The molecule has 82 valence electrons. The average Bonchev–Trinajstić information content (AvgIpc) is 2.10. The van der Waals surface area contributed by atoms with Crippen molar-refractivity contribution in [3.8, 4) is 0 Å². The monoisotopic (exact) mass is 202 g/mol. The molecule has 0 saturated carbocycles. The van der Waals surface area contributed by atoms with E-state index in [1.165, 1.54) is 4.90 Å².